The number of H-pyrrole nitrogens is 2. The van der Waals surface area contributed by atoms with Crippen LogP contribution < -0.4 is 0 Å². The number of fused-ring (bicyclic) bond motifs is 8. The normalized spacial score (nSPS) is 12.0. The fraction of sp³-hybridized carbons (Fsp3) is 0.310. The van der Waals surface area contributed by atoms with Crippen LogP contribution in [-0.2, 0) is 9.53 Å². The number of rotatable bonds is 14. The maximum atomic E-state index is 9.60. The Bertz CT molecular complexity index is 1940. The van der Waals surface area contributed by atoms with Crippen LogP contribution in [0.3, 0.4) is 0 Å². The minimum atomic E-state index is -0.935. The molecule has 0 unspecified atom stereocenters. The Balaban J connectivity index is 0.000000717. The van der Waals surface area contributed by atoms with Crippen molar-refractivity contribution >= 4 is 51.5 Å². The Morgan fingerprint density at radius 1 is 0.694 bits per heavy atom. The van der Waals surface area contributed by atoms with Gasteiger partial charge in [-0.05, 0) is 79.6 Å². The molecule has 7 nitrogen and oxygen atoms in total. The van der Waals surface area contributed by atoms with Crippen molar-refractivity contribution in [3.8, 4) is 0 Å². The third kappa shape index (κ3) is 10.4. The number of hydrogen-bond acceptors (Lipinski definition) is 4. The van der Waals surface area contributed by atoms with Crippen LogP contribution in [0.4, 0.5) is 0 Å². The molecular formula is C42H48N4O3. The smallest absolute Gasteiger partial charge is 0.330 e. The lowest BCUT2D eigenvalue weighted by molar-refractivity contribution is -0.132. The molecule has 0 amide bonds. The highest BCUT2D eigenvalue weighted by Gasteiger charge is 2.23. The Kier molecular flexibility index (Phi) is 12.8. The van der Waals surface area contributed by atoms with Crippen molar-refractivity contribution in [2.24, 2.45) is 0 Å². The number of benzene rings is 1. The third-order valence-corrected chi connectivity index (χ3v) is 8.47. The minimum Gasteiger partial charge on any atom is -0.491 e. The number of carbonyl (C=O) groups is 1. The molecular weight excluding hydrogens is 608 g/mol. The lowest BCUT2D eigenvalue weighted by Gasteiger charge is -2.11. The second-order valence-corrected chi connectivity index (χ2v) is 12.7. The molecule has 49 heavy (non-hydrogen) atoms. The molecule has 1 aromatic carbocycles. The van der Waals surface area contributed by atoms with Gasteiger partial charge < -0.3 is 19.8 Å². The van der Waals surface area contributed by atoms with Crippen molar-refractivity contribution < 1.29 is 14.6 Å². The zero-order chi connectivity index (χ0) is 34.4. The number of ether oxygens (including phenoxy) is 1. The summed E-state index contributed by atoms with van der Waals surface area (Å²) in [4.78, 5) is 26.6. The van der Waals surface area contributed by atoms with Crippen LogP contribution in [0, 0.1) is 0 Å². The van der Waals surface area contributed by atoms with Crippen LogP contribution in [-0.4, -0.2) is 37.6 Å². The molecule has 0 aliphatic carbocycles. The number of aliphatic carboxylic acids is 1. The highest BCUT2D eigenvalue weighted by molar-refractivity contribution is 5.98. The summed E-state index contributed by atoms with van der Waals surface area (Å²) in [6, 6.07) is 27.2. The zero-order valence-corrected chi connectivity index (χ0v) is 28.8. The molecule has 4 aromatic rings. The maximum absolute atomic E-state index is 9.60. The summed E-state index contributed by atoms with van der Waals surface area (Å²) < 4.78 is 6.63. The van der Waals surface area contributed by atoms with Gasteiger partial charge in [0.2, 0.25) is 0 Å². The van der Waals surface area contributed by atoms with E-state index in [-0.39, 0.29) is 5.57 Å². The topological polar surface area (TPSA) is 104 Å². The molecule has 7 heteroatoms. The van der Waals surface area contributed by atoms with Gasteiger partial charge in [0.1, 0.15) is 5.69 Å². The van der Waals surface area contributed by atoms with E-state index in [0.717, 1.165) is 68.2 Å². The Hall–Kier alpha value is -5.17. The van der Waals surface area contributed by atoms with Crippen LogP contribution >= 0.6 is 0 Å². The molecule has 0 radical (unpaired) electrons. The van der Waals surface area contributed by atoms with Crippen LogP contribution in [0.2, 0.25) is 0 Å². The molecule has 3 aromatic heterocycles. The number of unbranched alkanes of at least 4 members (excludes halogenated alkanes) is 9. The first-order chi connectivity index (χ1) is 23.9. The van der Waals surface area contributed by atoms with Gasteiger partial charge in [0.15, 0.2) is 5.76 Å². The van der Waals surface area contributed by atoms with E-state index in [2.05, 4.69) is 96.3 Å². The summed E-state index contributed by atoms with van der Waals surface area (Å²) in [6.45, 7) is 7.55. The Morgan fingerprint density at radius 3 is 1.82 bits per heavy atom. The first-order valence-corrected chi connectivity index (χ1v) is 17.6. The number of hydrogen-bond donors (Lipinski definition) is 3. The first-order valence-electron chi connectivity index (χ1n) is 17.6. The standard InChI is InChI=1S/C38H42N4O.C4H6O2/c1-2-3-4-5-6-7-8-9-10-14-23-43-38-36-27-34-22-20-32(41-34)25-30-18-17-29(39-30)24-31-19-21-33(40-31)26-35(42-36)37(38)28-15-12-11-13-16-28;1-3(2)4(5)6/h11-13,15-22,24-27,39,41H,2-10,14,23H2,1H3;1H2,2H3,(H,5,6). The summed E-state index contributed by atoms with van der Waals surface area (Å²) in [5.74, 6) is -0.0975. The lowest BCUT2D eigenvalue weighted by Crippen LogP contribution is -1.97. The van der Waals surface area contributed by atoms with Gasteiger partial charge in [-0.3, -0.25) is 0 Å². The van der Waals surface area contributed by atoms with Gasteiger partial charge in [-0.25, -0.2) is 14.8 Å². The van der Waals surface area contributed by atoms with Gasteiger partial charge in [0, 0.05) is 27.6 Å². The fourth-order valence-electron chi connectivity index (χ4n) is 5.84. The minimum absolute atomic E-state index is 0.176. The van der Waals surface area contributed by atoms with E-state index in [1.54, 1.807) is 0 Å². The predicted molar refractivity (Wildman–Crippen MR) is 203 cm³/mol. The van der Waals surface area contributed by atoms with E-state index in [9.17, 15) is 4.79 Å². The van der Waals surface area contributed by atoms with Crippen LogP contribution in [0.5, 0.6) is 0 Å². The third-order valence-electron chi connectivity index (χ3n) is 8.47. The molecule has 0 spiro atoms. The molecule has 8 bridgehead atoms. The second-order valence-electron chi connectivity index (χ2n) is 12.7. The van der Waals surface area contributed by atoms with E-state index >= 15 is 0 Å². The quantitative estimate of drug-likeness (QED) is 0.0815. The summed E-state index contributed by atoms with van der Waals surface area (Å²) in [7, 11) is 0. The molecule has 5 heterocycles. The van der Waals surface area contributed by atoms with Crippen molar-refractivity contribution in [3.63, 3.8) is 0 Å². The van der Waals surface area contributed by atoms with E-state index < -0.39 is 5.97 Å². The first kappa shape index (κ1) is 35.1. The monoisotopic (exact) mass is 656 g/mol. The zero-order valence-electron chi connectivity index (χ0n) is 28.8. The van der Waals surface area contributed by atoms with Gasteiger partial charge in [-0.2, -0.15) is 0 Å². The Morgan fingerprint density at radius 2 is 1.22 bits per heavy atom. The summed E-state index contributed by atoms with van der Waals surface area (Å²) >= 11 is 0. The predicted octanol–water partition coefficient (Wildman–Crippen LogP) is 11.0. The van der Waals surface area contributed by atoms with Crippen LogP contribution in [0.25, 0.3) is 45.6 Å². The molecule has 0 atom stereocenters. The van der Waals surface area contributed by atoms with Crippen LogP contribution in [0.15, 0.2) is 91.0 Å². The summed E-state index contributed by atoms with van der Waals surface area (Å²) in [6.07, 6.45) is 17.1. The highest BCUT2D eigenvalue weighted by Crippen LogP contribution is 2.36. The molecule has 0 saturated heterocycles. The number of aromatic nitrogens is 4. The molecule has 0 saturated carbocycles. The van der Waals surface area contributed by atoms with E-state index in [4.69, 9.17) is 19.8 Å². The highest BCUT2D eigenvalue weighted by atomic mass is 16.5. The molecule has 2 aliphatic rings. The lowest BCUT2D eigenvalue weighted by atomic mass is 10.0. The van der Waals surface area contributed by atoms with Gasteiger partial charge >= 0.3 is 5.97 Å². The van der Waals surface area contributed by atoms with E-state index in [1.165, 1.54) is 64.7 Å². The molecule has 254 valence electrons. The van der Waals surface area contributed by atoms with Crippen molar-refractivity contribution in [3.05, 3.63) is 119 Å². The summed E-state index contributed by atoms with van der Waals surface area (Å²) in [5, 5.41) is 7.89. The van der Waals surface area contributed by atoms with Crippen molar-refractivity contribution in [2.45, 2.75) is 78.1 Å². The van der Waals surface area contributed by atoms with E-state index in [0.29, 0.717) is 6.61 Å². The molecule has 2 aliphatic heterocycles. The maximum Gasteiger partial charge on any atom is 0.330 e. The van der Waals surface area contributed by atoms with Gasteiger partial charge in [0.05, 0.1) is 29.3 Å². The van der Waals surface area contributed by atoms with Crippen LogP contribution in [0.1, 0.15) is 106 Å². The Labute approximate surface area is 289 Å². The second kappa shape index (κ2) is 17.8. The van der Waals surface area contributed by atoms with Crippen molar-refractivity contribution in [1.29, 1.82) is 0 Å². The number of nitrogens with zero attached hydrogens (tertiary/aromatic N) is 2. The van der Waals surface area contributed by atoms with Crippen molar-refractivity contribution in [2.75, 3.05) is 6.61 Å². The SMILES string of the molecule is C=C(C)C(=O)O.CCCCCCCCCCCCOC1=C(c2ccccc2)c2cc3nc(cc4ccc(cc5ccc(cc1n2)[nH]5)[nH]4)C=C3. The number of carboxylic acids is 1. The molecule has 0 fully saturated rings. The molecule has 3 N–H and O–H groups in total. The van der Waals surface area contributed by atoms with Gasteiger partial charge in [-0.15, -0.1) is 0 Å². The summed E-state index contributed by atoms with van der Waals surface area (Å²) in [5.41, 5.74) is 9.83. The van der Waals surface area contributed by atoms with Crippen molar-refractivity contribution in [1.82, 2.24) is 19.9 Å². The van der Waals surface area contributed by atoms with Gasteiger partial charge in [-0.1, -0.05) is 102 Å². The number of aromatic amines is 2. The average Bonchev–Trinajstić information content (AvgIpc) is 3.90. The van der Waals surface area contributed by atoms with E-state index in [1.807, 2.05) is 18.2 Å². The number of carboxylic acid groups (broad SMARTS) is 1. The van der Waals surface area contributed by atoms with Gasteiger partial charge in [0.25, 0.3) is 0 Å². The fourth-order valence-corrected chi connectivity index (χ4v) is 5.84. The molecule has 6 rings (SSSR count). The average molecular weight is 657 g/mol. The largest absolute Gasteiger partial charge is 0.491 e. The number of nitrogens with one attached hydrogen (secondary N) is 2.